The summed E-state index contributed by atoms with van der Waals surface area (Å²) in [4.78, 5) is 21.1. The molecule has 6 heteroatoms. The third-order valence-corrected chi connectivity index (χ3v) is 1.73. The van der Waals surface area contributed by atoms with Crippen molar-refractivity contribution in [1.29, 1.82) is 0 Å². The van der Waals surface area contributed by atoms with Gasteiger partial charge in [-0.1, -0.05) is 0 Å². The van der Waals surface area contributed by atoms with Gasteiger partial charge in [0.25, 0.3) is 0 Å². The lowest BCUT2D eigenvalue weighted by molar-refractivity contribution is -0.137. The third-order valence-electron chi connectivity index (χ3n) is 1.51. The summed E-state index contributed by atoms with van der Waals surface area (Å²) >= 11 is 4.66. The van der Waals surface area contributed by atoms with Crippen LogP contribution in [-0.2, 0) is 9.59 Å². The van der Waals surface area contributed by atoms with E-state index in [9.17, 15) is 9.59 Å². The monoisotopic (exact) mass is 188 g/mol. The van der Waals surface area contributed by atoms with Crippen LogP contribution in [0, 0.1) is 0 Å². The average molecular weight is 188 g/mol. The van der Waals surface area contributed by atoms with E-state index in [4.69, 9.17) is 5.11 Å². The van der Waals surface area contributed by atoms with Crippen molar-refractivity contribution in [2.75, 3.05) is 0 Å². The lowest BCUT2D eigenvalue weighted by Crippen LogP contribution is -2.29. The second-order valence-electron chi connectivity index (χ2n) is 2.45. The van der Waals surface area contributed by atoms with Gasteiger partial charge in [0, 0.05) is 6.42 Å². The molecule has 1 amide bonds. The van der Waals surface area contributed by atoms with Crippen molar-refractivity contribution in [3.8, 4) is 0 Å². The Morgan fingerprint density at radius 1 is 1.67 bits per heavy atom. The Bertz CT molecular complexity index is 241. The molecule has 0 bridgehead atoms. The molecule has 1 aliphatic heterocycles. The molecule has 0 aromatic heterocycles. The number of nitrogens with one attached hydrogen (secondary N) is 2. The zero-order valence-corrected chi connectivity index (χ0v) is 6.98. The fraction of sp³-hybridized carbons (Fsp3) is 0.500. The Balaban J connectivity index is 2.38. The Kier molecular flexibility index (Phi) is 2.59. The zero-order valence-electron chi connectivity index (χ0n) is 6.16. The molecule has 3 N–H and O–H groups in total. The fourth-order valence-corrected chi connectivity index (χ4v) is 1.17. The van der Waals surface area contributed by atoms with Crippen LogP contribution in [0.25, 0.3) is 0 Å². The van der Waals surface area contributed by atoms with Gasteiger partial charge in [-0.3, -0.25) is 9.59 Å². The van der Waals surface area contributed by atoms with E-state index in [-0.39, 0.29) is 23.9 Å². The van der Waals surface area contributed by atoms with Gasteiger partial charge in [0.05, 0.1) is 0 Å². The highest BCUT2D eigenvalue weighted by molar-refractivity contribution is 7.80. The normalized spacial score (nSPS) is 21.8. The van der Waals surface area contributed by atoms with E-state index in [1.807, 2.05) is 0 Å². The molecule has 5 nitrogen and oxygen atoms in total. The van der Waals surface area contributed by atoms with Gasteiger partial charge in [0.15, 0.2) is 5.11 Å². The lowest BCUT2D eigenvalue weighted by Gasteiger charge is -2.03. The van der Waals surface area contributed by atoms with E-state index in [2.05, 4.69) is 22.9 Å². The SMILES string of the molecule is O=C(O)CC[C@H]1NC(=S)NC1=O. The van der Waals surface area contributed by atoms with Crippen LogP contribution in [0.2, 0.25) is 0 Å². The lowest BCUT2D eigenvalue weighted by atomic mass is 10.1. The molecular formula is C6H8N2O3S. The molecule has 0 radical (unpaired) electrons. The van der Waals surface area contributed by atoms with Crippen LogP contribution in [-0.4, -0.2) is 28.1 Å². The van der Waals surface area contributed by atoms with Gasteiger partial charge in [0.2, 0.25) is 5.91 Å². The summed E-state index contributed by atoms with van der Waals surface area (Å²) in [5, 5.41) is 13.7. The van der Waals surface area contributed by atoms with E-state index in [1.54, 1.807) is 0 Å². The van der Waals surface area contributed by atoms with Crippen molar-refractivity contribution in [1.82, 2.24) is 10.6 Å². The van der Waals surface area contributed by atoms with Crippen LogP contribution in [0.15, 0.2) is 0 Å². The van der Waals surface area contributed by atoms with Gasteiger partial charge in [-0.25, -0.2) is 0 Å². The first-order valence-corrected chi connectivity index (χ1v) is 3.83. The average Bonchev–Trinajstić information content (AvgIpc) is 2.26. The first-order chi connectivity index (χ1) is 5.59. The van der Waals surface area contributed by atoms with Gasteiger partial charge >= 0.3 is 5.97 Å². The van der Waals surface area contributed by atoms with Gasteiger partial charge in [-0.05, 0) is 18.6 Å². The van der Waals surface area contributed by atoms with E-state index in [1.165, 1.54) is 0 Å². The number of thiocarbonyl (C=S) groups is 1. The predicted octanol–water partition coefficient (Wildman–Crippen LogP) is -0.776. The molecule has 12 heavy (non-hydrogen) atoms. The summed E-state index contributed by atoms with van der Waals surface area (Å²) in [5.74, 6) is -1.16. The number of hydrogen-bond acceptors (Lipinski definition) is 3. The topological polar surface area (TPSA) is 78.4 Å². The molecule has 0 aromatic rings. The number of aliphatic carboxylic acids is 1. The van der Waals surface area contributed by atoms with Crippen LogP contribution in [0.5, 0.6) is 0 Å². The number of carboxylic acid groups (broad SMARTS) is 1. The first-order valence-electron chi connectivity index (χ1n) is 3.43. The molecule has 66 valence electrons. The smallest absolute Gasteiger partial charge is 0.303 e. The number of carbonyl (C=O) groups is 2. The van der Waals surface area contributed by atoms with Crippen molar-refractivity contribution < 1.29 is 14.7 Å². The minimum absolute atomic E-state index is 0.0340. The highest BCUT2D eigenvalue weighted by Gasteiger charge is 2.26. The predicted molar refractivity (Wildman–Crippen MR) is 44.5 cm³/mol. The van der Waals surface area contributed by atoms with Crippen molar-refractivity contribution in [3.63, 3.8) is 0 Å². The van der Waals surface area contributed by atoms with Crippen molar-refractivity contribution in [2.45, 2.75) is 18.9 Å². The van der Waals surface area contributed by atoms with E-state index < -0.39 is 12.0 Å². The largest absolute Gasteiger partial charge is 0.481 e. The van der Waals surface area contributed by atoms with Crippen LogP contribution < -0.4 is 10.6 Å². The Hall–Kier alpha value is -1.17. The summed E-state index contributed by atoms with van der Waals surface area (Å²) in [6, 6.07) is -0.478. The van der Waals surface area contributed by atoms with Gasteiger partial charge in [-0.2, -0.15) is 0 Å². The number of carboxylic acids is 1. The van der Waals surface area contributed by atoms with Crippen LogP contribution in [0.4, 0.5) is 0 Å². The van der Waals surface area contributed by atoms with Gasteiger partial charge in [-0.15, -0.1) is 0 Å². The maximum atomic E-state index is 10.9. The molecule has 1 atom stereocenters. The summed E-state index contributed by atoms with van der Waals surface area (Å²) in [6.45, 7) is 0. The van der Waals surface area contributed by atoms with Gasteiger partial charge < -0.3 is 15.7 Å². The minimum Gasteiger partial charge on any atom is -0.481 e. The second kappa shape index (κ2) is 3.48. The standard InChI is InChI=1S/C6H8N2O3S/c9-4(10)2-1-3-5(11)8-6(12)7-3/h3H,1-2H2,(H,9,10)(H2,7,8,11,12)/t3-/m1/s1. The Morgan fingerprint density at radius 2 is 2.33 bits per heavy atom. The van der Waals surface area contributed by atoms with E-state index in [0.29, 0.717) is 0 Å². The molecule has 0 spiro atoms. The number of hydrogen-bond donors (Lipinski definition) is 3. The molecule has 0 aromatic carbocycles. The molecule has 1 aliphatic rings. The second-order valence-corrected chi connectivity index (χ2v) is 2.86. The molecule has 1 rings (SSSR count). The van der Waals surface area contributed by atoms with Crippen molar-refractivity contribution in [2.24, 2.45) is 0 Å². The molecule has 1 saturated heterocycles. The molecule has 0 aliphatic carbocycles. The molecular weight excluding hydrogens is 180 g/mol. The number of rotatable bonds is 3. The van der Waals surface area contributed by atoms with E-state index >= 15 is 0 Å². The third kappa shape index (κ3) is 2.16. The quantitative estimate of drug-likeness (QED) is 0.507. The number of carbonyl (C=O) groups excluding carboxylic acids is 1. The van der Waals surface area contributed by atoms with Crippen molar-refractivity contribution >= 4 is 29.2 Å². The fourth-order valence-electron chi connectivity index (χ4n) is 0.930. The molecule has 0 unspecified atom stereocenters. The molecule has 0 saturated carbocycles. The first kappa shape index (κ1) is 8.92. The minimum atomic E-state index is -0.914. The summed E-state index contributed by atoms with van der Waals surface area (Å²) in [7, 11) is 0. The summed E-state index contributed by atoms with van der Waals surface area (Å²) < 4.78 is 0. The highest BCUT2D eigenvalue weighted by Crippen LogP contribution is 2.01. The zero-order chi connectivity index (χ0) is 9.14. The van der Waals surface area contributed by atoms with Crippen LogP contribution in [0.1, 0.15) is 12.8 Å². The summed E-state index contributed by atoms with van der Waals surface area (Å²) in [6.07, 6.45) is 0.231. The van der Waals surface area contributed by atoms with Crippen LogP contribution >= 0.6 is 12.2 Å². The highest BCUT2D eigenvalue weighted by atomic mass is 32.1. The Morgan fingerprint density at radius 3 is 2.75 bits per heavy atom. The maximum absolute atomic E-state index is 10.9. The molecule has 1 fully saturated rings. The van der Waals surface area contributed by atoms with Crippen LogP contribution in [0.3, 0.4) is 0 Å². The maximum Gasteiger partial charge on any atom is 0.303 e. The summed E-state index contributed by atoms with van der Waals surface area (Å²) in [5.41, 5.74) is 0. The van der Waals surface area contributed by atoms with Crippen molar-refractivity contribution in [3.05, 3.63) is 0 Å². The van der Waals surface area contributed by atoms with Gasteiger partial charge in [0.1, 0.15) is 6.04 Å². The Labute approximate surface area is 74.1 Å². The number of amides is 1. The van der Waals surface area contributed by atoms with E-state index in [0.717, 1.165) is 0 Å². The molecule has 1 heterocycles.